The molecule has 0 N–H and O–H groups in total. The fourth-order valence-electron chi connectivity index (χ4n) is 1.87. The van der Waals surface area contributed by atoms with Gasteiger partial charge in [0.25, 0.3) is 0 Å². The SMILES string of the molecule is COc1ccc2c(C)c(C(C)=O)c(=O)oc2c1. The van der Waals surface area contributed by atoms with Crippen molar-refractivity contribution >= 4 is 16.8 Å². The van der Waals surface area contributed by atoms with Gasteiger partial charge < -0.3 is 9.15 Å². The van der Waals surface area contributed by atoms with Gasteiger partial charge in [0.2, 0.25) is 0 Å². The van der Waals surface area contributed by atoms with Crippen molar-refractivity contribution in [1.29, 1.82) is 0 Å². The molecular formula is C13H12O4. The highest BCUT2D eigenvalue weighted by molar-refractivity contribution is 5.99. The van der Waals surface area contributed by atoms with Gasteiger partial charge in [-0.25, -0.2) is 4.79 Å². The van der Waals surface area contributed by atoms with Gasteiger partial charge in [0.15, 0.2) is 5.78 Å². The molecule has 4 nitrogen and oxygen atoms in total. The molecule has 1 aromatic carbocycles. The third-order valence-electron chi connectivity index (χ3n) is 2.73. The maximum absolute atomic E-state index is 11.7. The number of rotatable bonds is 2. The molecule has 0 radical (unpaired) electrons. The Morgan fingerprint density at radius 3 is 2.65 bits per heavy atom. The monoisotopic (exact) mass is 232 g/mol. The van der Waals surface area contributed by atoms with Crippen LogP contribution in [0.25, 0.3) is 11.0 Å². The van der Waals surface area contributed by atoms with Gasteiger partial charge in [-0.05, 0) is 31.5 Å². The van der Waals surface area contributed by atoms with Crippen LogP contribution in [-0.4, -0.2) is 12.9 Å². The van der Waals surface area contributed by atoms with E-state index >= 15 is 0 Å². The molecular weight excluding hydrogens is 220 g/mol. The molecule has 0 aliphatic carbocycles. The minimum absolute atomic E-state index is 0.114. The molecule has 2 aromatic rings. The molecule has 0 atom stereocenters. The summed E-state index contributed by atoms with van der Waals surface area (Å²) in [6, 6.07) is 5.17. The first kappa shape index (κ1) is 11.4. The summed E-state index contributed by atoms with van der Waals surface area (Å²) in [5.74, 6) is 0.324. The third-order valence-corrected chi connectivity index (χ3v) is 2.73. The molecule has 2 rings (SSSR count). The van der Waals surface area contributed by atoms with E-state index in [1.54, 1.807) is 25.1 Å². The normalized spacial score (nSPS) is 10.5. The topological polar surface area (TPSA) is 56.5 Å². The summed E-state index contributed by atoms with van der Waals surface area (Å²) in [4.78, 5) is 23.0. The van der Waals surface area contributed by atoms with Crippen molar-refractivity contribution in [3.8, 4) is 5.75 Å². The van der Waals surface area contributed by atoms with Gasteiger partial charge in [0.1, 0.15) is 16.9 Å². The zero-order valence-electron chi connectivity index (χ0n) is 9.87. The molecule has 88 valence electrons. The number of fused-ring (bicyclic) bond motifs is 1. The highest BCUT2D eigenvalue weighted by Gasteiger charge is 2.15. The van der Waals surface area contributed by atoms with Crippen molar-refractivity contribution in [2.24, 2.45) is 0 Å². The Morgan fingerprint density at radius 2 is 2.06 bits per heavy atom. The second kappa shape index (κ2) is 4.05. The summed E-state index contributed by atoms with van der Waals surface area (Å²) >= 11 is 0. The van der Waals surface area contributed by atoms with Crippen LogP contribution in [0.4, 0.5) is 0 Å². The molecule has 1 heterocycles. The van der Waals surface area contributed by atoms with Crippen LogP contribution >= 0.6 is 0 Å². The fraction of sp³-hybridized carbons (Fsp3) is 0.231. The van der Waals surface area contributed by atoms with Gasteiger partial charge in [-0.2, -0.15) is 0 Å². The summed E-state index contributed by atoms with van der Waals surface area (Å²) in [7, 11) is 1.54. The van der Waals surface area contributed by atoms with Crippen LogP contribution in [0, 0.1) is 6.92 Å². The zero-order chi connectivity index (χ0) is 12.6. The van der Waals surface area contributed by atoms with Gasteiger partial charge in [-0.3, -0.25) is 4.79 Å². The van der Waals surface area contributed by atoms with E-state index in [-0.39, 0.29) is 11.3 Å². The lowest BCUT2D eigenvalue weighted by molar-refractivity contribution is 0.101. The Kier molecular flexibility index (Phi) is 2.71. The van der Waals surface area contributed by atoms with E-state index in [1.807, 2.05) is 0 Å². The van der Waals surface area contributed by atoms with Crippen LogP contribution < -0.4 is 10.4 Å². The fourth-order valence-corrected chi connectivity index (χ4v) is 1.87. The summed E-state index contributed by atoms with van der Waals surface area (Å²) in [5.41, 5.74) is 0.585. The standard InChI is InChI=1S/C13H12O4/c1-7-10-5-4-9(16-3)6-11(10)17-13(15)12(7)8(2)14/h4-6H,1-3H3. The lowest BCUT2D eigenvalue weighted by Gasteiger charge is -2.06. The highest BCUT2D eigenvalue weighted by atomic mass is 16.5. The average Bonchev–Trinajstić information content (AvgIpc) is 2.27. The van der Waals surface area contributed by atoms with Crippen molar-refractivity contribution in [2.75, 3.05) is 7.11 Å². The number of methoxy groups -OCH3 is 1. The average molecular weight is 232 g/mol. The number of hydrogen-bond donors (Lipinski definition) is 0. The summed E-state index contributed by atoms with van der Waals surface area (Å²) in [6.45, 7) is 3.09. The molecule has 0 unspecified atom stereocenters. The number of aryl methyl sites for hydroxylation is 1. The van der Waals surface area contributed by atoms with Crippen LogP contribution in [0.3, 0.4) is 0 Å². The number of hydrogen-bond acceptors (Lipinski definition) is 4. The number of ether oxygens (including phenoxy) is 1. The van der Waals surface area contributed by atoms with Crippen LogP contribution in [-0.2, 0) is 0 Å². The summed E-state index contributed by atoms with van der Waals surface area (Å²) in [5, 5.41) is 0.746. The van der Waals surface area contributed by atoms with Crippen LogP contribution in [0.5, 0.6) is 5.75 Å². The first-order valence-electron chi connectivity index (χ1n) is 5.17. The second-order valence-corrected chi connectivity index (χ2v) is 3.81. The predicted molar refractivity (Wildman–Crippen MR) is 63.8 cm³/mol. The minimum Gasteiger partial charge on any atom is -0.497 e. The van der Waals surface area contributed by atoms with Crippen LogP contribution in [0.15, 0.2) is 27.4 Å². The lowest BCUT2D eigenvalue weighted by Crippen LogP contribution is -2.14. The Labute approximate surface area is 97.8 Å². The largest absolute Gasteiger partial charge is 0.497 e. The van der Waals surface area contributed by atoms with E-state index in [1.165, 1.54) is 14.0 Å². The summed E-state index contributed by atoms with van der Waals surface area (Å²) < 4.78 is 10.2. The van der Waals surface area contributed by atoms with Gasteiger partial charge in [-0.1, -0.05) is 0 Å². The number of carbonyl (C=O) groups excluding carboxylic acids is 1. The molecule has 17 heavy (non-hydrogen) atoms. The Balaban J connectivity index is 2.86. The first-order valence-corrected chi connectivity index (χ1v) is 5.17. The second-order valence-electron chi connectivity index (χ2n) is 3.81. The quantitative estimate of drug-likeness (QED) is 0.589. The van der Waals surface area contributed by atoms with E-state index in [0.717, 1.165) is 5.39 Å². The Morgan fingerprint density at radius 1 is 1.35 bits per heavy atom. The van der Waals surface area contributed by atoms with E-state index < -0.39 is 5.63 Å². The van der Waals surface area contributed by atoms with Crippen molar-refractivity contribution in [1.82, 2.24) is 0 Å². The van der Waals surface area contributed by atoms with E-state index in [2.05, 4.69) is 0 Å². The van der Waals surface area contributed by atoms with Gasteiger partial charge >= 0.3 is 5.63 Å². The maximum atomic E-state index is 11.7. The molecule has 1 aromatic heterocycles. The molecule has 0 spiro atoms. The third kappa shape index (κ3) is 1.82. The number of carbonyl (C=O) groups is 1. The van der Waals surface area contributed by atoms with E-state index in [4.69, 9.17) is 9.15 Å². The molecule has 0 fully saturated rings. The number of ketones is 1. The maximum Gasteiger partial charge on any atom is 0.347 e. The van der Waals surface area contributed by atoms with Crippen molar-refractivity contribution in [2.45, 2.75) is 13.8 Å². The molecule has 0 amide bonds. The van der Waals surface area contributed by atoms with Gasteiger partial charge in [0.05, 0.1) is 7.11 Å². The highest BCUT2D eigenvalue weighted by Crippen LogP contribution is 2.23. The van der Waals surface area contributed by atoms with Gasteiger partial charge in [-0.15, -0.1) is 0 Å². The van der Waals surface area contributed by atoms with Gasteiger partial charge in [0, 0.05) is 11.5 Å². The van der Waals surface area contributed by atoms with Crippen LogP contribution in [0.1, 0.15) is 22.8 Å². The molecule has 0 aliphatic rings. The predicted octanol–water partition coefficient (Wildman–Crippen LogP) is 2.31. The molecule has 0 saturated heterocycles. The minimum atomic E-state index is -0.601. The van der Waals surface area contributed by atoms with Crippen LogP contribution in [0.2, 0.25) is 0 Å². The Hall–Kier alpha value is -2.10. The number of benzene rings is 1. The van der Waals surface area contributed by atoms with Crippen molar-refractivity contribution in [3.05, 3.63) is 39.7 Å². The smallest absolute Gasteiger partial charge is 0.347 e. The number of Topliss-reactive ketones (excluding diaryl/α,β-unsaturated/α-hetero) is 1. The molecule has 0 aliphatic heterocycles. The van der Waals surface area contributed by atoms with E-state index in [0.29, 0.717) is 16.9 Å². The zero-order valence-corrected chi connectivity index (χ0v) is 9.87. The van der Waals surface area contributed by atoms with Crippen molar-refractivity contribution in [3.63, 3.8) is 0 Å². The van der Waals surface area contributed by atoms with Crippen molar-refractivity contribution < 1.29 is 13.9 Å². The molecule has 0 saturated carbocycles. The molecule has 4 heteroatoms. The Bertz CT molecular complexity index is 652. The van der Waals surface area contributed by atoms with E-state index in [9.17, 15) is 9.59 Å². The molecule has 0 bridgehead atoms. The lowest BCUT2D eigenvalue weighted by atomic mass is 10.0. The first-order chi connectivity index (χ1) is 8.04. The summed E-state index contributed by atoms with van der Waals surface area (Å²) in [6.07, 6.45) is 0.